The maximum Gasteiger partial charge on any atom is 0.251 e. The first-order valence-electron chi connectivity index (χ1n) is 9.94. The van der Waals surface area contributed by atoms with E-state index in [2.05, 4.69) is 10.6 Å². The van der Waals surface area contributed by atoms with Crippen LogP contribution in [0.5, 0.6) is 11.5 Å². The van der Waals surface area contributed by atoms with Crippen LogP contribution in [0.4, 0.5) is 5.69 Å². The number of carbonyl (C=O) groups is 3. The van der Waals surface area contributed by atoms with Crippen molar-refractivity contribution in [1.29, 1.82) is 0 Å². The molecule has 0 aliphatic rings. The van der Waals surface area contributed by atoms with Gasteiger partial charge in [0.05, 0.1) is 13.7 Å². The number of amides is 2. The minimum absolute atomic E-state index is 0.0499. The van der Waals surface area contributed by atoms with Gasteiger partial charge < -0.3 is 20.1 Å². The summed E-state index contributed by atoms with van der Waals surface area (Å²) in [7, 11) is 1.51. The summed E-state index contributed by atoms with van der Waals surface area (Å²) in [4.78, 5) is 35.4. The summed E-state index contributed by atoms with van der Waals surface area (Å²) in [6.45, 7) is 4.44. The third kappa shape index (κ3) is 6.92. The highest BCUT2D eigenvalue weighted by Crippen LogP contribution is 2.28. The van der Waals surface area contributed by atoms with Gasteiger partial charge in [0.2, 0.25) is 5.91 Å². The molecule has 0 unspecified atom stereocenters. The van der Waals surface area contributed by atoms with Crippen molar-refractivity contribution in [2.24, 2.45) is 0 Å². The van der Waals surface area contributed by atoms with Gasteiger partial charge in [-0.25, -0.2) is 0 Å². The molecule has 7 nitrogen and oxygen atoms in total. The van der Waals surface area contributed by atoms with Gasteiger partial charge in [0.15, 0.2) is 17.3 Å². The molecule has 2 aromatic carbocycles. The SMILES string of the molecule is CCCNC(=O)c1ccc(NC(=O)CCCOc2ccc(C(C)=O)cc2OC)cc1. The number of hydrogen-bond donors (Lipinski definition) is 2. The highest BCUT2D eigenvalue weighted by atomic mass is 16.5. The van der Waals surface area contributed by atoms with E-state index in [0.717, 1.165) is 6.42 Å². The minimum Gasteiger partial charge on any atom is -0.493 e. The van der Waals surface area contributed by atoms with E-state index >= 15 is 0 Å². The molecule has 0 bridgehead atoms. The lowest BCUT2D eigenvalue weighted by Crippen LogP contribution is -2.23. The van der Waals surface area contributed by atoms with Crippen molar-refractivity contribution in [3.63, 3.8) is 0 Å². The molecule has 2 N–H and O–H groups in total. The molecule has 2 aromatic rings. The van der Waals surface area contributed by atoms with Gasteiger partial charge >= 0.3 is 0 Å². The summed E-state index contributed by atoms with van der Waals surface area (Å²) < 4.78 is 10.9. The highest BCUT2D eigenvalue weighted by molar-refractivity contribution is 5.96. The fourth-order valence-electron chi connectivity index (χ4n) is 2.69. The second-order valence-electron chi connectivity index (χ2n) is 6.76. The summed E-state index contributed by atoms with van der Waals surface area (Å²) in [5.41, 5.74) is 1.74. The van der Waals surface area contributed by atoms with Gasteiger partial charge in [0.25, 0.3) is 5.91 Å². The van der Waals surface area contributed by atoms with Crippen LogP contribution in [-0.4, -0.2) is 37.9 Å². The summed E-state index contributed by atoms with van der Waals surface area (Å²) in [6.07, 6.45) is 1.67. The van der Waals surface area contributed by atoms with Crippen molar-refractivity contribution in [3.8, 4) is 11.5 Å². The van der Waals surface area contributed by atoms with Gasteiger partial charge in [-0.3, -0.25) is 14.4 Å². The Morgan fingerprint density at radius 2 is 1.67 bits per heavy atom. The van der Waals surface area contributed by atoms with Gasteiger partial charge in [-0.05, 0) is 62.2 Å². The molecule has 0 saturated heterocycles. The summed E-state index contributed by atoms with van der Waals surface area (Å²) in [5.74, 6) is 0.695. The summed E-state index contributed by atoms with van der Waals surface area (Å²) in [6, 6.07) is 11.8. The zero-order valence-corrected chi connectivity index (χ0v) is 17.6. The van der Waals surface area contributed by atoms with E-state index in [1.807, 2.05) is 6.92 Å². The zero-order chi connectivity index (χ0) is 21.9. The third-order valence-electron chi connectivity index (χ3n) is 4.34. The van der Waals surface area contributed by atoms with E-state index in [0.29, 0.717) is 47.9 Å². The van der Waals surface area contributed by atoms with Crippen molar-refractivity contribution >= 4 is 23.3 Å². The van der Waals surface area contributed by atoms with Crippen molar-refractivity contribution in [1.82, 2.24) is 5.32 Å². The molecular formula is C23H28N2O5. The second kappa shape index (κ2) is 11.6. The average Bonchev–Trinajstić information content (AvgIpc) is 2.75. The Morgan fingerprint density at radius 1 is 0.967 bits per heavy atom. The van der Waals surface area contributed by atoms with E-state index < -0.39 is 0 Å². The van der Waals surface area contributed by atoms with Crippen LogP contribution in [0.2, 0.25) is 0 Å². The number of ether oxygens (including phenoxy) is 2. The van der Waals surface area contributed by atoms with Crippen LogP contribution in [0, 0.1) is 0 Å². The summed E-state index contributed by atoms with van der Waals surface area (Å²) >= 11 is 0. The quantitative estimate of drug-likeness (QED) is 0.432. The normalized spacial score (nSPS) is 10.2. The van der Waals surface area contributed by atoms with Gasteiger partial charge in [0.1, 0.15) is 0 Å². The Labute approximate surface area is 176 Å². The summed E-state index contributed by atoms with van der Waals surface area (Å²) in [5, 5.41) is 5.61. The molecule has 2 rings (SSSR count). The van der Waals surface area contributed by atoms with Crippen LogP contribution in [-0.2, 0) is 4.79 Å². The first-order valence-corrected chi connectivity index (χ1v) is 9.94. The molecule has 0 atom stereocenters. The molecule has 0 aromatic heterocycles. The number of hydrogen-bond acceptors (Lipinski definition) is 5. The smallest absolute Gasteiger partial charge is 0.251 e. The first-order chi connectivity index (χ1) is 14.4. The molecule has 0 aliphatic heterocycles. The molecule has 0 aliphatic carbocycles. The number of anilines is 1. The van der Waals surface area contributed by atoms with Gasteiger partial charge in [-0.2, -0.15) is 0 Å². The molecule has 30 heavy (non-hydrogen) atoms. The Morgan fingerprint density at radius 3 is 2.30 bits per heavy atom. The molecule has 0 heterocycles. The molecular weight excluding hydrogens is 384 g/mol. The van der Waals surface area contributed by atoms with Crippen LogP contribution in [0.15, 0.2) is 42.5 Å². The molecule has 7 heteroatoms. The molecule has 0 fully saturated rings. The number of rotatable bonds is 11. The van der Waals surface area contributed by atoms with E-state index in [9.17, 15) is 14.4 Å². The maximum absolute atomic E-state index is 12.1. The van der Waals surface area contributed by atoms with Crippen molar-refractivity contribution in [2.75, 3.05) is 25.6 Å². The van der Waals surface area contributed by atoms with Crippen LogP contribution >= 0.6 is 0 Å². The predicted octanol–water partition coefficient (Wildman–Crippen LogP) is 3.84. The molecule has 0 spiro atoms. The fraction of sp³-hybridized carbons (Fsp3) is 0.348. The molecule has 0 radical (unpaired) electrons. The average molecular weight is 412 g/mol. The van der Waals surface area contributed by atoms with Crippen LogP contribution in [0.25, 0.3) is 0 Å². The Bertz CT molecular complexity index is 878. The van der Waals surface area contributed by atoms with Gasteiger partial charge in [-0.1, -0.05) is 6.92 Å². The number of benzene rings is 2. The Balaban J connectivity index is 1.77. The number of Topliss-reactive ketones (excluding diaryl/α,β-unsaturated/α-hetero) is 1. The van der Waals surface area contributed by atoms with E-state index in [1.54, 1.807) is 42.5 Å². The minimum atomic E-state index is -0.138. The molecule has 0 saturated carbocycles. The van der Waals surface area contributed by atoms with Crippen LogP contribution in [0.1, 0.15) is 53.8 Å². The van der Waals surface area contributed by atoms with Crippen molar-refractivity contribution in [2.45, 2.75) is 33.1 Å². The second-order valence-corrected chi connectivity index (χ2v) is 6.76. The predicted molar refractivity (Wildman–Crippen MR) is 115 cm³/mol. The van der Waals surface area contributed by atoms with Crippen LogP contribution < -0.4 is 20.1 Å². The van der Waals surface area contributed by atoms with E-state index in [4.69, 9.17) is 9.47 Å². The lowest BCUT2D eigenvalue weighted by Gasteiger charge is -2.11. The Hall–Kier alpha value is -3.35. The van der Waals surface area contributed by atoms with Gasteiger partial charge in [0, 0.05) is 29.8 Å². The van der Waals surface area contributed by atoms with E-state index in [1.165, 1.54) is 14.0 Å². The number of ketones is 1. The lowest BCUT2D eigenvalue weighted by molar-refractivity contribution is -0.116. The first kappa shape index (κ1) is 22.9. The standard InChI is InChI=1S/C23H28N2O5/c1-4-13-24-23(28)17-7-10-19(11-8-17)25-22(27)6-5-14-30-20-12-9-18(16(2)26)15-21(20)29-3/h7-12,15H,4-6,13-14H2,1-3H3,(H,24,28)(H,25,27). The topological polar surface area (TPSA) is 93.7 Å². The number of carbonyl (C=O) groups excluding carboxylic acids is 3. The third-order valence-corrected chi connectivity index (χ3v) is 4.34. The maximum atomic E-state index is 12.1. The van der Waals surface area contributed by atoms with Crippen LogP contribution in [0.3, 0.4) is 0 Å². The zero-order valence-electron chi connectivity index (χ0n) is 17.6. The Kier molecular flexibility index (Phi) is 8.87. The highest BCUT2D eigenvalue weighted by Gasteiger charge is 2.09. The molecule has 2 amide bonds. The fourth-order valence-corrected chi connectivity index (χ4v) is 2.69. The largest absolute Gasteiger partial charge is 0.493 e. The van der Waals surface area contributed by atoms with E-state index in [-0.39, 0.29) is 24.0 Å². The van der Waals surface area contributed by atoms with Gasteiger partial charge in [-0.15, -0.1) is 0 Å². The molecule has 160 valence electrons. The van der Waals surface area contributed by atoms with Crippen molar-refractivity contribution in [3.05, 3.63) is 53.6 Å². The monoisotopic (exact) mass is 412 g/mol. The lowest BCUT2D eigenvalue weighted by atomic mass is 10.1. The number of nitrogens with one attached hydrogen (secondary N) is 2. The van der Waals surface area contributed by atoms with Crippen molar-refractivity contribution < 1.29 is 23.9 Å². The number of methoxy groups -OCH3 is 1.